The quantitative estimate of drug-likeness (QED) is 0.600. The molecular formula is C19H17FN2O5S. The molecule has 1 aromatic heterocycles. The number of hydrogen-bond acceptors (Lipinski definition) is 7. The summed E-state index contributed by atoms with van der Waals surface area (Å²) in [5, 5.41) is 7.73. The van der Waals surface area contributed by atoms with Crippen LogP contribution in [0, 0.1) is 12.7 Å². The third-order valence-corrected chi connectivity index (χ3v) is 5.13. The van der Waals surface area contributed by atoms with E-state index in [1.807, 2.05) is 0 Å². The number of carbonyl (C=O) groups is 1. The van der Waals surface area contributed by atoms with E-state index >= 15 is 0 Å². The number of hydrogen-bond donors (Lipinski definition) is 0. The molecular weight excluding hydrogens is 387 g/mol. The Bertz CT molecular complexity index is 1120. The van der Waals surface area contributed by atoms with E-state index in [0.717, 1.165) is 6.26 Å². The van der Waals surface area contributed by atoms with Crippen molar-refractivity contribution < 1.29 is 26.8 Å². The second-order valence-electron chi connectivity index (χ2n) is 6.25. The molecule has 0 aliphatic carbocycles. The lowest BCUT2D eigenvalue weighted by atomic mass is 10.1. The molecule has 0 unspecified atom stereocenters. The Morgan fingerprint density at radius 3 is 2.46 bits per heavy atom. The van der Waals surface area contributed by atoms with Crippen molar-refractivity contribution in [3.63, 3.8) is 0 Å². The van der Waals surface area contributed by atoms with Crippen LogP contribution in [0.15, 0.2) is 51.8 Å². The van der Waals surface area contributed by atoms with Gasteiger partial charge in [-0.25, -0.2) is 17.6 Å². The van der Waals surface area contributed by atoms with Crippen LogP contribution in [-0.2, 0) is 14.6 Å². The minimum absolute atomic E-state index is 0.0223. The highest BCUT2D eigenvalue weighted by Crippen LogP contribution is 2.24. The monoisotopic (exact) mass is 404 g/mol. The molecule has 0 amide bonds. The molecule has 146 valence electrons. The van der Waals surface area contributed by atoms with Crippen molar-refractivity contribution >= 4 is 15.8 Å². The molecule has 0 bridgehead atoms. The van der Waals surface area contributed by atoms with Crippen molar-refractivity contribution in [1.82, 2.24) is 10.2 Å². The predicted molar refractivity (Wildman–Crippen MR) is 97.8 cm³/mol. The number of rotatable bonds is 5. The first kappa shape index (κ1) is 19.7. The molecule has 28 heavy (non-hydrogen) atoms. The summed E-state index contributed by atoms with van der Waals surface area (Å²) in [6.07, 6.45) is 0.195. The van der Waals surface area contributed by atoms with Gasteiger partial charge in [0.1, 0.15) is 5.82 Å². The molecule has 0 aliphatic rings. The minimum atomic E-state index is -3.46. The highest BCUT2D eigenvalue weighted by Gasteiger charge is 2.22. The molecule has 0 spiro atoms. The number of benzene rings is 2. The maximum absolute atomic E-state index is 13.0. The van der Waals surface area contributed by atoms with Crippen molar-refractivity contribution in [3.8, 4) is 11.5 Å². The topological polar surface area (TPSA) is 99.4 Å². The lowest BCUT2D eigenvalue weighted by Crippen LogP contribution is -2.12. The second kappa shape index (κ2) is 7.51. The van der Waals surface area contributed by atoms with Crippen LogP contribution in [0.2, 0.25) is 0 Å². The Balaban J connectivity index is 1.79. The van der Waals surface area contributed by atoms with Crippen molar-refractivity contribution in [3.05, 3.63) is 65.3 Å². The van der Waals surface area contributed by atoms with E-state index in [1.165, 1.54) is 42.5 Å². The van der Waals surface area contributed by atoms with E-state index in [-0.39, 0.29) is 22.2 Å². The third kappa shape index (κ3) is 4.25. The zero-order chi connectivity index (χ0) is 20.5. The molecule has 0 aliphatic heterocycles. The molecule has 3 aromatic rings. The summed E-state index contributed by atoms with van der Waals surface area (Å²) in [4.78, 5) is 12.5. The molecule has 0 saturated heterocycles. The second-order valence-corrected chi connectivity index (χ2v) is 8.26. The number of esters is 1. The van der Waals surface area contributed by atoms with Crippen LogP contribution in [0.1, 0.15) is 34.8 Å². The number of halogens is 1. The summed E-state index contributed by atoms with van der Waals surface area (Å²) >= 11 is 0. The highest BCUT2D eigenvalue weighted by atomic mass is 32.2. The SMILES string of the molecule is Cc1ccc(S(C)(=O)=O)cc1C(=O)O[C@@H](C)c1nnc(-c2ccc(F)cc2)o1. The summed E-state index contributed by atoms with van der Waals surface area (Å²) < 4.78 is 47.3. The Labute approximate surface area is 161 Å². The molecule has 0 saturated carbocycles. The van der Waals surface area contributed by atoms with Gasteiger partial charge in [-0.1, -0.05) is 6.07 Å². The number of sulfone groups is 1. The van der Waals surface area contributed by atoms with Crippen molar-refractivity contribution in [2.75, 3.05) is 6.26 Å². The number of carbonyl (C=O) groups excluding carboxylic acids is 1. The fourth-order valence-corrected chi connectivity index (χ4v) is 3.08. The van der Waals surface area contributed by atoms with Gasteiger partial charge in [0.15, 0.2) is 15.9 Å². The van der Waals surface area contributed by atoms with Crippen molar-refractivity contribution in [1.29, 1.82) is 0 Å². The van der Waals surface area contributed by atoms with Crippen LogP contribution in [0.4, 0.5) is 4.39 Å². The molecule has 9 heteroatoms. The maximum atomic E-state index is 13.0. The van der Waals surface area contributed by atoms with Gasteiger partial charge in [-0.3, -0.25) is 0 Å². The van der Waals surface area contributed by atoms with Gasteiger partial charge in [0.05, 0.1) is 10.5 Å². The van der Waals surface area contributed by atoms with Crippen LogP contribution in [0.3, 0.4) is 0 Å². The Kier molecular flexibility index (Phi) is 5.28. The summed E-state index contributed by atoms with van der Waals surface area (Å²) in [6.45, 7) is 3.22. The zero-order valence-corrected chi connectivity index (χ0v) is 16.2. The molecule has 1 heterocycles. The van der Waals surface area contributed by atoms with E-state index in [2.05, 4.69) is 10.2 Å². The van der Waals surface area contributed by atoms with E-state index in [1.54, 1.807) is 13.8 Å². The summed E-state index contributed by atoms with van der Waals surface area (Å²) in [6, 6.07) is 9.75. The average molecular weight is 404 g/mol. The predicted octanol–water partition coefficient (Wildman–Crippen LogP) is 3.51. The first-order valence-electron chi connectivity index (χ1n) is 8.26. The number of aromatic nitrogens is 2. The van der Waals surface area contributed by atoms with E-state index in [4.69, 9.17) is 9.15 Å². The molecule has 1 atom stereocenters. The number of aryl methyl sites for hydroxylation is 1. The largest absolute Gasteiger partial charge is 0.449 e. The van der Waals surface area contributed by atoms with Gasteiger partial charge in [-0.05, 0) is 55.8 Å². The van der Waals surface area contributed by atoms with Gasteiger partial charge >= 0.3 is 5.97 Å². The smallest absolute Gasteiger partial charge is 0.339 e. The fourth-order valence-electron chi connectivity index (χ4n) is 2.43. The van der Waals surface area contributed by atoms with Crippen LogP contribution in [-0.4, -0.2) is 30.8 Å². The fraction of sp³-hybridized carbons (Fsp3) is 0.211. The van der Waals surface area contributed by atoms with Gasteiger partial charge in [0.2, 0.25) is 5.89 Å². The van der Waals surface area contributed by atoms with Gasteiger partial charge in [0.25, 0.3) is 5.89 Å². The maximum Gasteiger partial charge on any atom is 0.339 e. The summed E-state index contributed by atoms with van der Waals surface area (Å²) in [7, 11) is -3.46. The zero-order valence-electron chi connectivity index (χ0n) is 15.3. The first-order valence-corrected chi connectivity index (χ1v) is 10.2. The summed E-state index contributed by atoms with van der Waals surface area (Å²) in [5.74, 6) is -0.882. The van der Waals surface area contributed by atoms with Gasteiger partial charge in [-0.15, -0.1) is 10.2 Å². The van der Waals surface area contributed by atoms with Crippen LogP contribution < -0.4 is 0 Å². The average Bonchev–Trinajstić information content (AvgIpc) is 3.12. The Hall–Kier alpha value is -3.07. The third-order valence-electron chi connectivity index (χ3n) is 4.02. The van der Waals surface area contributed by atoms with Crippen LogP contribution >= 0.6 is 0 Å². The molecule has 0 fully saturated rings. The Morgan fingerprint density at radius 1 is 1.14 bits per heavy atom. The van der Waals surface area contributed by atoms with Gasteiger partial charge in [-0.2, -0.15) is 0 Å². The molecule has 2 aromatic carbocycles. The minimum Gasteiger partial charge on any atom is -0.449 e. The van der Waals surface area contributed by atoms with Gasteiger partial charge < -0.3 is 9.15 Å². The molecule has 3 rings (SSSR count). The molecule has 0 radical (unpaired) electrons. The normalized spacial score (nSPS) is 12.6. The van der Waals surface area contributed by atoms with Gasteiger partial charge in [0, 0.05) is 11.8 Å². The van der Waals surface area contributed by atoms with Crippen LogP contribution in [0.25, 0.3) is 11.5 Å². The van der Waals surface area contributed by atoms with E-state index in [0.29, 0.717) is 11.1 Å². The summed E-state index contributed by atoms with van der Waals surface area (Å²) in [5.41, 5.74) is 1.23. The Morgan fingerprint density at radius 2 is 1.82 bits per heavy atom. The number of nitrogens with zero attached hydrogens (tertiary/aromatic N) is 2. The lowest BCUT2D eigenvalue weighted by molar-refractivity contribution is 0.0278. The van der Waals surface area contributed by atoms with Crippen molar-refractivity contribution in [2.24, 2.45) is 0 Å². The van der Waals surface area contributed by atoms with E-state index in [9.17, 15) is 17.6 Å². The first-order chi connectivity index (χ1) is 13.1. The highest BCUT2D eigenvalue weighted by molar-refractivity contribution is 7.90. The van der Waals surface area contributed by atoms with Crippen LogP contribution in [0.5, 0.6) is 0 Å². The van der Waals surface area contributed by atoms with E-state index < -0.39 is 27.7 Å². The molecule has 0 N–H and O–H groups in total. The molecule has 7 nitrogen and oxygen atoms in total. The lowest BCUT2D eigenvalue weighted by Gasteiger charge is -2.12. The standard InChI is InChI=1S/C19H17FN2O5S/c1-11-4-9-15(28(3,24)25)10-16(11)19(23)26-12(2)17-21-22-18(27-17)13-5-7-14(20)8-6-13/h4-10,12H,1-3H3/t12-/m0/s1. The number of ether oxygens (including phenoxy) is 1. The van der Waals surface area contributed by atoms with Crippen molar-refractivity contribution in [2.45, 2.75) is 24.8 Å².